The summed E-state index contributed by atoms with van der Waals surface area (Å²) in [5.41, 5.74) is 1.97. The molecule has 1 fully saturated rings. The van der Waals surface area contributed by atoms with Crippen LogP contribution in [0.5, 0.6) is 0 Å². The van der Waals surface area contributed by atoms with Gasteiger partial charge in [-0.25, -0.2) is 0 Å². The van der Waals surface area contributed by atoms with Crippen molar-refractivity contribution in [3.05, 3.63) is 28.8 Å². The quantitative estimate of drug-likeness (QED) is 0.864. The number of halogens is 1. The van der Waals surface area contributed by atoms with Crippen LogP contribution in [-0.2, 0) is 6.61 Å². The van der Waals surface area contributed by atoms with Crippen LogP contribution in [0.2, 0.25) is 5.02 Å². The highest BCUT2D eigenvalue weighted by atomic mass is 35.5. The van der Waals surface area contributed by atoms with Gasteiger partial charge in [-0.15, -0.1) is 0 Å². The van der Waals surface area contributed by atoms with Crippen molar-refractivity contribution in [2.24, 2.45) is 0 Å². The fraction of sp³-hybridized carbons (Fsp3) is 0.571. The fourth-order valence-electron chi connectivity index (χ4n) is 2.72. The number of anilines is 1. The Morgan fingerprint density at radius 2 is 2.17 bits per heavy atom. The van der Waals surface area contributed by atoms with Crippen molar-refractivity contribution in [1.82, 2.24) is 0 Å². The van der Waals surface area contributed by atoms with E-state index in [0.29, 0.717) is 11.1 Å². The Labute approximate surface area is 113 Å². The molecule has 1 aliphatic heterocycles. The Bertz CT molecular complexity index is 397. The molecule has 0 aliphatic carbocycles. The van der Waals surface area contributed by atoms with Crippen molar-refractivity contribution in [3.63, 3.8) is 0 Å². The van der Waals surface area contributed by atoms with Gasteiger partial charge < -0.3 is 15.1 Å². The van der Waals surface area contributed by atoms with Gasteiger partial charge in [0.1, 0.15) is 0 Å². The summed E-state index contributed by atoms with van der Waals surface area (Å²) in [7, 11) is 0. The Morgan fingerprint density at radius 3 is 2.89 bits per heavy atom. The van der Waals surface area contributed by atoms with Crippen molar-refractivity contribution in [2.75, 3.05) is 18.1 Å². The molecule has 1 aromatic carbocycles. The molecule has 1 unspecified atom stereocenters. The van der Waals surface area contributed by atoms with Crippen molar-refractivity contribution in [2.45, 2.75) is 38.3 Å². The first-order valence-corrected chi connectivity index (χ1v) is 6.91. The number of rotatable bonds is 5. The van der Waals surface area contributed by atoms with E-state index in [0.717, 1.165) is 43.5 Å². The molecule has 18 heavy (non-hydrogen) atoms. The third kappa shape index (κ3) is 2.97. The van der Waals surface area contributed by atoms with Crippen molar-refractivity contribution in [3.8, 4) is 0 Å². The van der Waals surface area contributed by atoms with E-state index in [-0.39, 0.29) is 13.2 Å². The standard InChI is InChI=1S/C14H20ClNO2/c15-12-6-5-11(10-18)14(9-12)16-7-1-3-13(16)4-2-8-17/h5-6,9,13,17-18H,1-4,7-8,10H2. The first-order valence-electron chi connectivity index (χ1n) is 6.53. The van der Waals surface area contributed by atoms with Crippen LogP contribution in [0.3, 0.4) is 0 Å². The van der Waals surface area contributed by atoms with Crippen LogP contribution >= 0.6 is 11.6 Å². The smallest absolute Gasteiger partial charge is 0.0702 e. The zero-order chi connectivity index (χ0) is 13.0. The molecule has 1 saturated heterocycles. The number of nitrogens with zero attached hydrogens (tertiary/aromatic N) is 1. The molecule has 3 nitrogen and oxygen atoms in total. The first-order chi connectivity index (χ1) is 8.76. The van der Waals surface area contributed by atoms with E-state index in [2.05, 4.69) is 4.90 Å². The van der Waals surface area contributed by atoms with E-state index in [1.807, 2.05) is 18.2 Å². The van der Waals surface area contributed by atoms with Gasteiger partial charge in [-0.3, -0.25) is 0 Å². The molecule has 0 spiro atoms. The zero-order valence-corrected chi connectivity index (χ0v) is 11.2. The van der Waals surface area contributed by atoms with Crippen LogP contribution in [0.15, 0.2) is 18.2 Å². The minimum atomic E-state index is 0.0374. The van der Waals surface area contributed by atoms with Gasteiger partial charge in [-0.1, -0.05) is 17.7 Å². The number of hydrogen-bond donors (Lipinski definition) is 2. The number of aliphatic hydroxyl groups excluding tert-OH is 2. The fourth-order valence-corrected chi connectivity index (χ4v) is 2.88. The average molecular weight is 270 g/mol. The van der Waals surface area contributed by atoms with Crippen LogP contribution in [0.25, 0.3) is 0 Å². The highest BCUT2D eigenvalue weighted by Crippen LogP contribution is 2.32. The van der Waals surface area contributed by atoms with Gasteiger partial charge in [0.25, 0.3) is 0 Å². The van der Waals surface area contributed by atoms with Crippen LogP contribution in [-0.4, -0.2) is 29.4 Å². The second-order valence-electron chi connectivity index (χ2n) is 4.79. The molecule has 1 heterocycles. The molecule has 2 rings (SSSR count). The van der Waals surface area contributed by atoms with E-state index >= 15 is 0 Å². The first kappa shape index (κ1) is 13.7. The monoisotopic (exact) mass is 269 g/mol. The van der Waals surface area contributed by atoms with E-state index in [9.17, 15) is 5.11 Å². The predicted molar refractivity (Wildman–Crippen MR) is 74.1 cm³/mol. The minimum absolute atomic E-state index is 0.0374. The molecule has 0 saturated carbocycles. The minimum Gasteiger partial charge on any atom is -0.396 e. The molecular formula is C14H20ClNO2. The second-order valence-corrected chi connectivity index (χ2v) is 5.22. The largest absolute Gasteiger partial charge is 0.396 e. The molecule has 100 valence electrons. The molecular weight excluding hydrogens is 250 g/mol. The summed E-state index contributed by atoms with van der Waals surface area (Å²) in [6.45, 7) is 1.28. The molecule has 4 heteroatoms. The van der Waals surface area contributed by atoms with Gasteiger partial charge in [-0.05, 0) is 37.8 Å². The lowest BCUT2D eigenvalue weighted by molar-refractivity contribution is 0.277. The van der Waals surface area contributed by atoms with E-state index in [1.54, 1.807) is 0 Å². The molecule has 0 aromatic heterocycles. The maximum atomic E-state index is 9.42. The highest BCUT2D eigenvalue weighted by Gasteiger charge is 2.25. The summed E-state index contributed by atoms with van der Waals surface area (Å²) in [6, 6.07) is 6.10. The third-order valence-corrected chi connectivity index (χ3v) is 3.83. The maximum Gasteiger partial charge on any atom is 0.0702 e. The Hall–Kier alpha value is -0.770. The van der Waals surface area contributed by atoms with Gasteiger partial charge in [0, 0.05) is 35.5 Å². The van der Waals surface area contributed by atoms with Crippen molar-refractivity contribution < 1.29 is 10.2 Å². The Kier molecular flexibility index (Phi) is 4.87. The number of aliphatic hydroxyl groups is 2. The number of hydrogen-bond acceptors (Lipinski definition) is 3. The summed E-state index contributed by atoms with van der Waals surface area (Å²) < 4.78 is 0. The molecule has 0 bridgehead atoms. The van der Waals surface area contributed by atoms with Crippen molar-refractivity contribution >= 4 is 17.3 Å². The van der Waals surface area contributed by atoms with E-state index < -0.39 is 0 Å². The summed E-state index contributed by atoms with van der Waals surface area (Å²) in [6.07, 6.45) is 4.13. The summed E-state index contributed by atoms with van der Waals surface area (Å²) >= 11 is 6.06. The van der Waals surface area contributed by atoms with Gasteiger partial charge in [0.05, 0.1) is 6.61 Å². The Morgan fingerprint density at radius 1 is 1.33 bits per heavy atom. The SMILES string of the molecule is OCCCC1CCCN1c1cc(Cl)ccc1CO. The number of benzene rings is 1. The van der Waals surface area contributed by atoms with Gasteiger partial charge >= 0.3 is 0 Å². The molecule has 0 amide bonds. The lowest BCUT2D eigenvalue weighted by Crippen LogP contribution is -2.30. The average Bonchev–Trinajstić information content (AvgIpc) is 2.84. The summed E-state index contributed by atoms with van der Waals surface area (Å²) in [5, 5.41) is 19.1. The third-order valence-electron chi connectivity index (χ3n) is 3.60. The Balaban J connectivity index is 2.20. The molecule has 2 N–H and O–H groups in total. The predicted octanol–water partition coefficient (Wildman–Crippen LogP) is 2.57. The molecule has 1 aromatic rings. The lowest BCUT2D eigenvalue weighted by atomic mass is 10.1. The summed E-state index contributed by atoms with van der Waals surface area (Å²) in [5.74, 6) is 0. The van der Waals surface area contributed by atoms with E-state index in [4.69, 9.17) is 16.7 Å². The van der Waals surface area contributed by atoms with E-state index in [1.165, 1.54) is 0 Å². The second kappa shape index (κ2) is 6.41. The lowest BCUT2D eigenvalue weighted by Gasteiger charge is -2.28. The van der Waals surface area contributed by atoms with Crippen LogP contribution in [0, 0.1) is 0 Å². The molecule has 1 atom stereocenters. The summed E-state index contributed by atoms with van der Waals surface area (Å²) in [4.78, 5) is 2.33. The zero-order valence-electron chi connectivity index (χ0n) is 10.5. The maximum absolute atomic E-state index is 9.42. The normalized spacial score (nSPS) is 19.5. The van der Waals surface area contributed by atoms with Crippen LogP contribution < -0.4 is 4.90 Å². The van der Waals surface area contributed by atoms with Crippen LogP contribution in [0.1, 0.15) is 31.2 Å². The topological polar surface area (TPSA) is 43.7 Å². The molecule has 1 aliphatic rings. The van der Waals surface area contributed by atoms with Gasteiger partial charge in [0.15, 0.2) is 0 Å². The van der Waals surface area contributed by atoms with Gasteiger partial charge in [-0.2, -0.15) is 0 Å². The molecule has 0 radical (unpaired) electrons. The highest BCUT2D eigenvalue weighted by molar-refractivity contribution is 6.30. The van der Waals surface area contributed by atoms with Crippen LogP contribution in [0.4, 0.5) is 5.69 Å². The van der Waals surface area contributed by atoms with Crippen molar-refractivity contribution in [1.29, 1.82) is 0 Å². The van der Waals surface area contributed by atoms with Gasteiger partial charge in [0.2, 0.25) is 0 Å².